The molecule has 4 heteroatoms. The lowest BCUT2D eigenvalue weighted by Gasteiger charge is -2.10. The summed E-state index contributed by atoms with van der Waals surface area (Å²) in [7, 11) is 0. The molecule has 0 amide bonds. The Hall–Kier alpha value is -1.68. The number of hydrogen-bond acceptors (Lipinski definition) is 3. The minimum absolute atomic E-state index is 0.141. The Kier molecular flexibility index (Phi) is 3.54. The van der Waals surface area contributed by atoms with Crippen LogP contribution in [-0.4, -0.2) is 21.0 Å². The third kappa shape index (κ3) is 2.53. The molecule has 0 aliphatic heterocycles. The molecule has 1 atom stereocenters. The molecule has 2 aromatic rings. The van der Waals surface area contributed by atoms with Crippen LogP contribution in [0, 0.1) is 0 Å². The molecule has 0 saturated carbocycles. The van der Waals surface area contributed by atoms with Crippen molar-refractivity contribution in [3.8, 4) is 0 Å². The van der Waals surface area contributed by atoms with E-state index in [9.17, 15) is 9.90 Å². The van der Waals surface area contributed by atoms with Crippen molar-refractivity contribution in [3.05, 3.63) is 40.8 Å². The summed E-state index contributed by atoms with van der Waals surface area (Å²) in [5.74, 6) is 0. The number of rotatable bonds is 4. The third-order valence-electron chi connectivity index (χ3n) is 2.77. The highest BCUT2D eigenvalue weighted by molar-refractivity contribution is 5.80. The summed E-state index contributed by atoms with van der Waals surface area (Å²) >= 11 is 0. The number of aliphatic hydroxyl groups is 1. The average Bonchev–Trinajstić information content (AvgIpc) is 2.33. The summed E-state index contributed by atoms with van der Waals surface area (Å²) in [5, 5.41) is 15.2. The monoisotopic (exact) mass is 232 g/mol. The lowest BCUT2D eigenvalue weighted by Crippen LogP contribution is -2.28. The molecule has 17 heavy (non-hydrogen) atoms. The van der Waals surface area contributed by atoms with Crippen LogP contribution in [0.25, 0.3) is 10.8 Å². The maximum Gasteiger partial charge on any atom is 0.274 e. The van der Waals surface area contributed by atoms with Crippen molar-refractivity contribution in [2.24, 2.45) is 0 Å². The average molecular weight is 232 g/mol. The lowest BCUT2D eigenvalue weighted by atomic mass is 10.2. The van der Waals surface area contributed by atoms with Crippen molar-refractivity contribution in [2.75, 3.05) is 0 Å². The van der Waals surface area contributed by atoms with Crippen LogP contribution in [0.15, 0.2) is 35.3 Å². The second-order valence-corrected chi connectivity index (χ2v) is 4.16. The fourth-order valence-corrected chi connectivity index (χ4v) is 1.88. The van der Waals surface area contributed by atoms with Crippen molar-refractivity contribution in [1.82, 2.24) is 9.78 Å². The molecule has 1 unspecified atom stereocenters. The van der Waals surface area contributed by atoms with Crippen LogP contribution in [-0.2, 0) is 6.54 Å². The van der Waals surface area contributed by atoms with Crippen molar-refractivity contribution in [1.29, 1.82) is 0 Å². The Morgan fingerprint density at radius 1 is 1.41 bits per heavy atom. The zero-order valence-corrected chi connectivity index (χ0v) is 9.84. The summed E-state index contributed by atoms with van der Waals surface area (Å²) in [6.07, 6.45) is 2.73. The van der Waals surface area contributed by atoms with Crippen LogP contribution < -0.4 is 5.56 Å². The van der Waals surface area contributed by atoms with Gasteiger partial charge in [-0.15, -0.1) is 0 Å². The molecule has 0 aliphatic carbocycles. The Bertz CT molecular complexity index is 563. The highest BCUT2D eigenvalue weighted by atomic mass is 16.3. The number of aliphatic hydroxyl groups excluding tert-OH is 1. The van der Waals surface area contributed by atoms with E-state index in [1.807, 2.05) is 25.1 Å². The zero-order chi connectivity index (χ0) is 12.3. The SMILES string of the molecule is CCCC(O)Cn1ncc2ccccc2c1=O. The summed E-state index contributed by atoms with van der Waals surface area (Å²) in [6, 6.07) is 7.34. The minimum Gasteiger partial charge on any atom is -0.391 e. The van der Waals surface area contributed by atoms with Crippen LogP contribution in [0.4, 0.5) is 0 Å². The van der Waals surface area contributed by atoms with Gasteiger partial charge in [-0.3, -0.25) is 4.79 Å². The quantitative estimate of drug-likeness (QED) is 0.870. The molecule has 4 nitrogen and oxygen atoms in total. The first-order chi connectivity index (χ1) is 8.22. The van der Waals surface area contributed by atoms with E-state index in [2.05, 4.69) is 5.10 Å². The predicted octanol–water partition coefficient (Wildman–Crippen LogP) is 1.56. The number of nitrogens with zero attached hydrogens (tertiary/aromatic N) is 2. The highest BCUT2D eigenvalue weighted by Gasteiger charge is 2.08. The van der Waals surface area contributed by atoms with Crippen LogP contribution in [0.5, 0.6) is 0 Å². The van der Waals surface area contributed by atoms with E-state index in [0.29, 0.717) is 11.8 Å². The van der Waals surface area contributed by atoms with Gasteiger partial charge in [-0.1, -0.05) is 31.5 Å². The first-order valence-electron chi connectivity index (χ1n) is 5.85. The Balaban J connectivity index is 2.36. The van der Waals surface area contributed by atoms with Crippen LogP contribution in [0.3, 0.4) is 0 Å². The summed E-state index contributed by atoms with van der Waals surface area (Å²) in [4.78, 5) is 12.1. The minimum atomic E-state index is -0.508. The number of fused-ring (bicyclic) bond motifs is 1. The maximum atomic E-state index is 12.1. The predicted molar refractivity (Wildman–Crippen MR) is 66.9 cm³/mol. The maximum absolute atomic E-state index is 12.1. The van der Waals surface area contributed by atoms with E-state index >= 15 is 0 Å². The van der Waals surface area contributed by atoms with Crippen LogP contribution >= 0.6 is 0 Å². The van der Waals surface area contributed by atoms with Crippen molar-refractivity contribution < 1.29 is 5.11 Å². The van der Waals surface area contributed by atoms with Gasteiger partial charge in [-0.25, -0.2) is 4.68 Å². The number of aromatic nitrogens is 2. The van der Waals surface area contributed by atoms with Gasteiger partial charge in [0, 0.05) is 5.39 Å². The molecular weight excluding hydrogens is 216 g/mol. The second kappa shape index (κ2) is 5.10. The highest BCUT2D eigenvalue weighted by Crippen LogP contribution is 2.07. The first-order valence-corrected chi connectivity index (χ1v) is 5.85. The molecule has 1 aromatic carbocycles. The van der Waals surface area contributed by atoms with Crippen molar-refractivity contribution in [2.45, 2.75) is 32.4 Å². The molecule has 1 aromatic heterocycles. The molecule has 0 aliphatic rings. The molecule has 2 rings (SSSR count). The van der Waals surface area contributed by atoms with E-state index in [1.54, 1.807) is 12.3 Å². The summed E-state index contributed by atoms with van der Waals surface area (Å²) in [5.41, 5.74) is -0.141. The van der Waals surface area contributed by atoms with Gasteiger partial charge in [0.2, 0.25) is 0 Å². The van der Waals surface area contributed by atoms with E-state index in [1.165, 1.54) is 4.68 Å². The molecule has 0 saturated heterocycles. The topological polar surface area (TPSA) is 55.1 Å². The van der Waals surface area contributed by atoms with Crippen LogP contribution in [0.1, 0.15) is 19.8 Å². The molecule has 0 spiro atoms. The Morgan fingerprint density at radius 2 is 2.18 bits per heavy atom. The largest absolute Gasteiger partial charge is 0.391 e. The fraction of sp³-hybridized carbons (Fsp3) is 0.385. The van der Waals surface area contributed by atoms with Gasteiger partial charge in [0.15, 0.2) is 0 Å². The fourth-order valence-electron chi connectivity index (χ4n) is 1.88. The normalized spacial score (nSPS) is 12.8. The standard InChI is InChI=1S/C13H16N2O2/c1-2-5-11(16)9-15-13(17)12-7-4-3-6-10(12)8-14-15/h3-4,6-8,11,16H,2,5,9H2,1H3. The van der Waals surface area contributed by atoms with Gasteiger partial charge in [0.05, 0.1) is 24.2 Å². The lowest BCUT2D eigenvalue weighted by molar-refractivity contribution is 0.137. The van der Waals surface area contributed by atoms with Gasteiger partial charge in [-0.2, -0.15) is 5.10 Å². The third-order valence-corrected chi connectivity index (χ3v) is 2.77. The second-order valence-electron chi connectivity index (χ2n) is 4.16. The van der Waals surface area contributed by atoms with Crippen molar-refractivity contribution in [3.63, 3.8) is 0 Å². The smallest absolute Gasteiger partial charge is 0.274 e. The molecule has 1 heterocycles. The molecular formula is C13H16N2O2. The zero-order valence-electron chi connectivity index (χ0n) is 9.84. The molecule has 0 bridgehead atoms. The van der Waals surface area contributed by atoms with E-state index in [4.69, 9.17) is 0 Å². The number of benzene rings is 1. The molecule has 1 N–H and O–H groups in total. The van der Waals surface area contributed by atoms with Gasteiger partial charge in [-0.05, 0) is 12.5 Å². The van der Waals surface area contributed by atoms with E-state index in [0.717, 1.165) is 11.8 Å². The molecule has 0 radical (unpaired) electrons. The number of hydrogen-bond donors (Lipinski definition) is 1. The van der Waals surface area contributed by atoms with Gasteiger partial charge < -0.3 is 5.11 Å². The van der Waals surface area contributed by atoms with Gasteiger partial charge >= 0.3 is 0 Å². The van der Waals surface area contributed by atoms with E-state index in [-0.39, 0.29) is 12.1 Å². The van der Waals surface area contributed by atoms with Gasteiger partial charge in [0.25, 0.3) is 5.56 Å². The molecule has 0 fully saturated rings. The van der Waals surface area contributed by atoms with Gasteiger partial charge in [0.1, 0.15) is 0 Å². The Morgan fingerprint density at radius 3 is 2.94 bits per heavy atom. The molecule has 90 valence electrons. The first kappa shape index (κ1) is 11.8. The summed E-state index contributed by atoms with van der Waals surface area (Å²) < 4.78 is 1.34. The van der Waals surface area contributed by atoms with Crippen molar-refractivity contribution >= 4 is 10.8 Å². The van der Waals surface area contributed by atoms with E-state index < -0.39 is 6.10 Å². The summed E-state index contributed by atoms with van der Waals surface area (Å²) in [6.45, 7) is 2.26. The van der Waals surface area contributed by atoms with Crippen LogP contribution in [0.2, 0.25) is 0 Å². The Labute approximate surface area is 99.5 Å².